The molecular weight excluding hydrogens is 192 g/mol. The molecule has 0 saturated heterocycles. The number of rotatable bonds is 3. The summed E-state index contributed by atoms with van der Waals surface area (Å²) in [5.74, 6) is 0.810. The summed E-state index contributed by atoms with van der Waals surface area (Å²) in [5, 5.41) is 8.29. The van der Waals surface area contributed by atoms with Gasteiger partial charge >= 0.3 is 0 Å². The van der Waals surface area contributed by atoms with Gasteiger partial charge in [0, 0.05) is 6.54 Å². The zero-order chi connectivity index (χ0) is 10.7. The molecule has 0 saturated carbocycles. The van der Waals surface area contributed by atoms with E-state index in [2.05, 4.69) is 10.2 Å². The van der Waals surface area contributed by atoms with Gasteiger partial charge < -0.3 is 10.5 Å². The summed E-state index contributed by atoms with van der Waals surface area (Å²) in [6.07, 6.45) is 1.66. The van der Waals surface area contributed by atoms with Crippen molar-refractivity contribution in [1.29, 1.82) is 0 Å². The molecule has 0 unspecified atom stereocenters. The highest BCUT2D eigenvalue weighted by molar-refractivity contribution is 5.35. The fourth-order valence-electron chi connectivity index (χ4n) is 1.23. The Morgan fingerprint density at radius 1 is 1.33 bits per heavy atom. The van der Waals surface area contributed by atoms with Crippen molar-refractivity contribution in [3.8, 4) is 11.4 Å². The molecule has 5 nitrogen and oxygen atoms in total. The topological polar surface area (TPSA) is 66.0 Å². The van der Waals surface area contributed by atoms with E-state index < -0.39 is 0 Å². The SMILES string of the molecule is COc1ccc(-n2ncc(CN)n2)cc1. The maximum absolute atomic E-state index is 5.45. The number of nitrogens with zero attached hydrogens (tertiary/aromatic N) is 3. The second-order valence-corrected chi connectivity index (χ2v) is 3.03. The van der Waals surface area contributed by atoms with Crippen LogP contribution in [0.2, 0.25) is 0 Å². The second-order valence-electron chi connectivity index (χ2n) is 3.03. The van der Waals surface area contributed by atoms with Crippen LogP contribution in [-0.4, -0.2) is 22.1 Å². The second kappa shape index (κ2) is 4.10. The van der Waals surface area contributed by atoms with E-state index in [1.165, 1.54) is 0 Å². The molecule has 0 bridgehead atoms. The van der Waals surface area contributed by atoms with Gasteiger partial charge in [0.15, 0.2) is 0 Å². The van der Waals surface area contributed by atoms with E-state index in [4.69, 9.17) is 10.5 Å². The molecule has 0 aliphatic carbocycles. The molecule has 0 atom stereocenters. The largest absolute Gasteiger partial charge is 0.497 e. The van der Waals surface area contributed by atoms with Gasteiger partial charge in [0.1, 0.15) is 5.75 Å². The van der Waals surface area contributed by atoms with Gasteiger partial charge in [-0.3, -0.25) is 0 Å². The number of benzene rings is 1. The van der Waals surface area contributed by atoms with Crippen molar-refractivity contribution in [2.75, 3.05) is 7.11 Å². The molecule has 0 amide bonds. The summed E-state index contributed by atoms with van der Waals surface area (Å²) in [7, 11) is 1.63. The quantitative estimate of drug-likeness (QED) is 0.800. The highest BCUT2D eigenvalue weighted by Gasteiger charge is 2.01. The number of aromatic nitrogens is 3. The van der Waals surface area contributed by atoms with E-state index in [-0.39, 0.29) is 0 Å². The lowest BCUT2D eigenvalue weighted by atomic mass is 10.3. The molecule has 5 heteroatoms. The molecule has 15 heavy (non-hydrogen) atoms. The van der Waals surface area contributed by atoms with Crippen LogP contribution < -0.4 is 10.5 Å². The van der Waals surface area contributed by atoms with Gasteiger partial charge in [0.25, 0.3) is 0 Å². The first-order valence-corrected chi connectivity index (χ1v) is 4.59. The zero-order valence-corrected chi connectivity index (χ0v) is 8.42. The molecule has 1 aromatic heterocycles. The van der Waals surface area contributed by atoms with Gasteiger partial charge in [-0.15, -0.1) is 0 Å². The minimum Gasteiger partial charge on any atom is -0.497 e. The highest BCUT2D eigenvalue weighted by atomic mass is 16.5. The standard InChI is InChI=1S/C10H12N4O/c1-15-10-4-2-9(3-5-10)14-12-7-8(6-11)13-14/h2-5,7H,6,11H2,1H3. The van der Waals surface area contributed by atoms with Crippen LogP contribution in [0.3, 0.4) is 0 Å². The first kappa shape index (κ1) is 9.67. The molecule has 0 fully saturated rings. The predicted molar refractivity (Wildman–Crippen MR) is 55.8 cm³/mol. The van der Waals surface area contributed by atoms with Crippen molar-refractivity contribution < 1.29 is 4.74 Å². The minimum absolute atomic E-state index is 0.399. The van der Waals surface area contributed by atoms with Crippen LogP contribution in [0.4, 0.5) is 0 Å². The van der Waals surface area contributed by atoms with Crippen molar-refractivity contribution in [2.24, 2.45) is 5.73 Å². The molecule has 0 spiro atoms. The number of methoxy groups -OCH3 is 1. The van der Waals surface area contributed by atoms with Gasteiger partial charge in [-0.25, -0.2) is 0 Å². The van der Waals surface area contributed by atoms with E-state index in [9.17, 15) is 0 Å². The normalized spacial score (nSPS) is 10.3. The molecular formula is C10H12N4O. The van der Waals surface area contributed by atoms with Crippen LogP contribution in [-0.2, 0) is 6.54 Å². The lowest BCUT2D eigenvalue weighted by Crippen LogP contribution is -2.01. The first-order chi connectivity index (χ1) is 7.33. The smallest absolute Gasteiger partial charge is 0.119 e. The molecule has 78 valence electrons. The predicted octanol–water partition coefficient (Wildman–Crippen LogP) is 0.735. The highest BCUT2D eigenvalue weighted by Crippen LogP contribution is 2.13. The molecule has 0 radical (unpaired) electrons. The minimum atomic E-state index is 0.399. The van der Waals surface area contributed by atoms with Crippen LogP contribution >= 0.6 is 0 Å². The average molecular weight is 204 g/mol. The van der Waals surface area contributed by atoms with Gasteiger partial charge in [-0.1, -0.05) is 0 Å². The van der Waals surface area contributed by atoms with Gasteiger partial charge in [-0.05, 0) is 24.3 Å². The Balaban J connectivity index is 2.28. The van der Waals surface area contributed by atoms with Gasteiger partial charge in [0.2, 0.25) is 0 Å². The van der Waals surface area contributed by atoms with E-state index >= 15 is 0 Å². The number of ether oxygens (including phenoxy) is 1. The van der Waals surface area contributed by atoms with Crippen LogP contribution in [0.25, 0.3) is 5.69 Å². The Hall–Kier alpha value is -1.88. The third-order valence-corrected chi connectivity index (χ3v) is 2.05. The van der Waals surface area contributed by atoms with E-state index in [0.29, 0.717) is 6.54 Å². The fourth-order valence-corrected chi connectivity index (χ4v) is 1.23. The zero-order valence-electron chi connectivity index (χ0n) is 8.42. The molecule has 0 aliphatic heterocycles. The molecule has 2 N–H and O–H groups in total. The third kappa shape index (κ3) is 1.97. The first-order valence-electron chi connectivity index (χ1n) is 4.59. The van der Waals surface area contributed by atoms with Gasteiger partial charge in [-0.2, -0.15) is 15.0 Å². The van der Waals surface area contributed by atoms with Gasteiger partial charge in [0.05, 0.1) is 24.7 Å². The average Bonchev–Trinajstić information content (AvgIpc) is 2.78. The third-order valence-electron chi connectivity index (χ3n) is 2.05. The van der Waals surface area contributed by atoms with E-state index in [0.717, 1.165) is 17.1 Å². The van der Waals surface area contributed by atoms with Crippen LogP contribution in [0, 0.1) is 0 Å². The van der Waals surface area contributed by atoms with E-state index in [1.807, 2.05) is 24.3 Å². The van der Waals surface area contributed by atoms with E-state index in [1.54, 1.807) is 18.1 Å². The number of hydrogen-bond acceptors (Lipinski definition) is 4. The molecule has 1 aromatic carbocycles. The summed E-state index contributed by atoms with van der Waals surface area (Å²) in [6, 6.07) is 7.50. The summed E-state index contributed by atoms with van der Waals surface area (Å²) >= 11 is 0. The van der Waals surface area contributed by atoms with Crippen molar-refractivity contribution in [3.05, 3.63) is 36.2 Å². The fraction of sp³-hybridized carbons (Fsp3) is 0.200. The van der Waals surface area contributed by atoms with Crippen LogP contribution in [0.5, 0.6) is 5.75 Å². The van der Waals surface area contributed by atoms with Crippen LogP contribution in [0.15, 0.2) is 30.5 Å². The molecule has 2 aromatic rings. The molecule has 1 heterocycles. The Morgan fingerprint density at radius 2 is 2.07 bits per heavy atom. The van der Waals surface area contributed by atoms with Crippen molar-refractivity contribution in [2.45, 2.75) is 6.54 Å². The lowest BCUT2D eigenvalue weighted by molar-refractivity contribution is 0.414. The Labute approximate surface area is 87.5 Å². The lowest BCUT2D eigenvalue weighted by Gasteiger charge is -2.01. The summed E-state index contributed by atoms with van der Waals surface area (Å²) < 4.78 is 5.06. The summed E-state index contributed by atoms with van der Waals surface area (Å²) in [5.41, 5.74) is 7.11. The van der Waals surface area contributed by atoms with Crippen LogP contribution in [0.1, 0.15) is 5.69 Å². The Bertz CT molecular complexity index is 435. The summed E-state index contributed by atoms with van der Waals surface area (Å²) in [4.78, 5) is 1.54. The van der Waals surface area contributed by atoms with Crippen molar-refractivity contribution >= 4 is 0 Å². The maximum atomic E-state index is 5.45. The maximum Gasteiger partial charge on any atom is 0.119 e. The van der Waals surface area contributed by atoms with Crippen molar-refractivity contribution in [1.82, 2.24) is 15.0 Å². The molecule has 2 rings (SSSR count). The Morgan fingerprint density at radius 3 is 2.60 bits per heavy atom. The van der Waals surface area contributed by atoms with Crippen molar-refractivity contribution in [3.63, 3.8) is 0 Å². The number of hydrogen-bond donors (Lipinski definition) is 1. The monoisotopic (exact) mass is 204 g/mol. The summed E-state index contributed by atoms with van der Waals surface area (Å²) in [6.45, 7) is 0.399. The molecule has 0 aliphatic rings. The Kier molecular flexibility index (Phi) is 2.64. The number of nitrogens with two attached hydrogens (primary N) is 1.